The minimum atomic E-state index is -0.641. The Bertz CT molecular complexity index is 1200. The van der Waals surface area contributed by atoms with Crippen molar-refractivity contribution < 1.29 is 27.8 Å². The minimum absolute atomic E-state index is 0.0348. The lowest BCUT2D eigenvalue weighted by Crippen LogP contribution is -2.05. The standard InChI is InChI=1S/C24H17F2NO4/c1-29-22-12-15(9-10-21(22)30-14-17-5-2-3-8-19(17)26)11-20-24(28)31-23(27-20)16-6-4-7-18(25)13-16/h2-13H,14H2,1H3/b20-11-. The molecule has 0 amide bonds. The second-order valence-corrected chi connectivity index (χ2v) is 6.64. The van der Waals surface area contributed by atoms with E-state index in [1.54, 1.807) is 42.5 Å². The fraction of sp³-hybridized carbons (Fsp3) is 0.0833. The molecule has 0 aromatic heterocycles. The van der Waals surface area contributed by atoms with E-state index in [-0.39, 0.29) is 24.0 Å². The van der Waals surface area contributed by atoms with Crippen molar-refractivity contribution in [3.8, 4) is 11.5 Å². The molecule has 31 heavy (non-hydrogen) atoms. The summed E-state index contributed by atoms with van der Waals surface area (Å²) in [5.41, 5.74) is 1.47. The molecule has 5 nitrogen and oxygen atoms in total. The van der Waals surface area contributed by atoms with Gasteiger partial charge in [-0.3, -0.25) is 0 Å². The van der Waals surface area contributed by atoms with E-state index >= 15 is 0 Å². The van der Waals surface area contributed by atoms with E-state index < -0.39 is 11.8 Å². The van der Waals surface area contributed by atoms with Gasteiger partial charge < -0.3 is 14.2 Å². The number of aliphatic imine (C=N–C) groups is 1. The lowest BCUT2D eigenvalue weighted by Gasteiger charge is -2.12. The number of ether oxygens (including phenoxy) is 3. The van der Waals surface area contributed by atoms with E-state index in [0.717, 1.165) is 0 Å². The number of halogens is 2. The van der Waals surface area contributed by atoms with Crippen LogP contribution in [0.1, 0.15) is 16.7 Å². The van der Waals surface area contributed by atoms with Crippen molar-refractivity contribution in [1.82, 2.24) is 0 Å². The van der Waals surface area contributed by atoms with Crippen LogP contribution in [-0.2, 0) is 16.1 Å². The Kier molecular flexibility index (Phi) is 5.75. The van der Waals surface area contributed by atoms with E-state index in [0.29, 0.717) is 28.2 Å². The van der Waals surface area contributed by atoms with Gasteiger partial charge >= 0.3 is 5.97 Å². The van der Waals surface area contributed by atoms with Crippen LogP contribution in [-0.4, -0.2) is 19.0 Å². The van der Waals surface area contributed by atoms with Crippen molar-refractivity contribution >= 4 is 17.9 Å². The third-order valence-corrected chi connectivity index (χ3v) is 4.52. The largest absolute Gasteiger partial charge is 0.493 e. The number of carbonyl (C=O) groups excluding carboxylic acids is 1. The molecule has 7 heteroatoms. The predicted molar refractivity (Wildman–Crippen MR) is 111 cm³/mol. The highest BCUT2D eigenvalue weighted by Crippen LogP contribution is 2.30. The Labute approximate surface area is 177 Å². The van der Waals surface area contributed by atoms with Crippen molar-refractivity contribution in [2.75, 3.05) is 7.11 Å². The van der Waals surface area contributed by atoms with Gasteiger partial charge in [-0.15, -0.1) is 0 Å². The Morgan fingerprint density at radius 3 is 2.61 bits per heavy atom. The quantitative estimate of drug-likeness (QED) is 0.420. The summed E-state index contributed by atoms with van der Waals surface area (Å²) in [6, 6.07) is 17.0. The number of hydrogen-bond acceptors (Lipinski definition) is 5. The number of cyclic esters (lactones) is 1. The van der Waals surface area contributed by atoms with Gasteiger partial charge in [0.15, 0.2) is 17.2 Å². The van der Waals surface area contributed by atoms with Crippen LogP contribution in [0.5, 0.6) is 11.5 Å². The van der Waals surface area contributed by atoms with Gasteiger partial charge in [0.2, 0.25) is 5.90 Å². The molecule has 156 valence electrons. The smallest absolute Gasteiger partial charge is 0.363 e. The number of esters is 1. The normalized spacial score (nSPS) is 14.4. The van der Waals surface area contributed by atoms with Crippen LogP contribution in [0.2, 0.25) is 0 Å². The molecule has 0 N–H and O–H groups in total. The number of methoxy groups -OCH3 is 1. The molecule has 0 aliphatic carbocycles. The lowest BCUT2D eigenvalue weighted by molar-refractivity contribution is -0.129. The van der Waals surface area contributed by atoms with Crippen LogP contribution in [0.25, 0.3) is 6.08 Å². The first-order valence-corrected chi connectivity index (χ1v) is 9.36. The number of carbonyl (C=O) groups is 1. The average Bonchev–Trinajstić information content (AvgIpc) is 3.14. The van der Waals surface area contributed by atoms with Gasteiger partial charge in [0.05, 0.1) is 7.11 Å². The zero-order valence-electron chi connectivity index (χ0n) is 16.5. The van der Waals surface area contributed by atoms with Crippen LogP contribution >= 0.6 is 0 Å². The highest BCUT2D eigenvalue weighted by atomic mass is 19.1. The van der Waals surface area contributed by atoms with Crippen molar-refractivity contribution in [2.45, 2.75) is 6.61 Å². The molecule has 0 unspecified atom stereocenters. The number of rotatable bonds is 6. The summed E-state index contributed by atoms with van der Waals surface area (Å²) < 4.78 is 43.4. The second-order valence-electron chi connectivity index (χ2n) is 6.64. The summed E-state index contributed by atoms with van der Waals surface area (Å²) in [6.45, 7) is 0.0388. The second kappa shape index (κ2) is 8.79. The van der Waals surface area contributed by atoms with Gasteiger partial charge in [0, 0.05) is 11.1 Å². The molecule has 4 rings (SSSR count). The van der Waals surface area contributed by atoms with Gasteiger partial charge in [-0.25, -0.2) is 18.6 Å². The molecule has 1 aliphatic rings. The lowest BCUT2D eigenvalue weighted by atomic mass is 10.1. The Balaban J connectivity index is 1.55. The predicted octanol–water partition coefficient (Wildman–Crippen LogP) is 4.90. The molecule has 0 saturated heterocycles. The van der Waals surface area contributed by atoms with E-state index in [1.807, 2.05) is 0 Å². The highest BCUT2D eigenvalue weighted by molar-refractivity contribution is 6.12. The number of hydrogen-bond donors (Lipinski definition) is 0. The molecular formula is C24H17F2NO4. The summed E-state index contributed by atoms with van der Waals surface area (Å²) in [4.78, 5) is 16.3. The van der Waals surface area contributed by atoms with Gasteiger partial charge in [0.1, 0.15) is 18.2 Å². The molecule has 0 radical (unpaired) electrons. The maximum Gasteiger partial charge on any atom is 0.363 e. The van der Waals surface area contributed by atoms with Crippen molar-refractivity contribution in [1.29, 1.82) is 0 Å². The van der Waals surface area contributed by atoms with Crippen LogP contribution in [0.4, 0.5) is 8.78 Å². The molecule has 3 aromatic rings. The molecule has 1 aliphatic heterocycles. The minimum Gasteiger partial charge on any atom is -0.493 e. The Morgan fingerprint density at radius 1 is 1.00 bits per heavy atom. The van der Waals surface area contributed by atoms with Gasteiger partial charge in [-0.2, -0.15) is 0 Å². The molecule has 0 fully saturated rings. The van der Waals surface area contributed by atoms with Crippen molar-refractivity contribution in [3.05, 3.63) is 101 Å². The van der Waals surface area contributed by atoms with Crippen LogP contribution in [0.15, 0.2) is 77.4 Å². The molecule has 1 heterocycles. The zero-order valence-corrected chi connectivity index (χ0v) is 16.5. The number of nitrogens with zero attached hydrogens (tertiary/aromatic N) is 1. The van der Waals surface area contributed by atoms with Crippen molar-refractivity contribution in [3.63, 3.8) is 0 Å². The molecule has 0 atom stereocenters. The molecule has 0 spiro atoms. The highest BCUT2D eigenvalue weighted by Gasteiger charge is 2.24. The number of benzene rings is 3. The molecular weight excluding hydrogens is 404 g/mol. The van der Waals surface area contributed by atoms with E-state index in [1.165, 1.54) is 37.5 Å². The molecule has 3 aromatic carbocycles. The fourth-order valence-corrected chi connectivity index (χ4v) is 2.98. The Hall–Kier alpha value is -4.00. The summed E-state index contributed by atoms with van der Waals surface area (Å²) >= 11 is 0. The van der Waals surface area contributed by atoms with E-state index in [2.05, 4.69) is 4.99 Å². The molecule has 0 bridgehead atoms. The fourth-order valence-electron chi connectivity index (χ4n) is 2.98. The summed E-state index contributed by atoms with van der Waals surface area (Å²) in [6.07, 6.45) is 1.53. The Morgan fingerprint density at radius 2 is 1.84 bits per heavy atom. The summed E-state index contributed by atoms with van der Waals surface area (Å²) in [5, 5.41) is 0. The monoisotopic (exact) mass is 421 g/mol. The van der Waals surface area contributed by atoms with Gasteiger partial charge in [0.25, 0.3) is 0 Å². The average molecular weight is 421 g/mol. The maximum absolute atomic E-state index is 13.8. The topological polar surface area (TPSA) is 57.1 Å². The first-order valence-electron chi connectivity index (χ1n) is 9.36. The van der Waals surface area contributed by atoms with Gasteiger partial charge in [-0.05, 0) is 48.0 Å². The summed E-state index contributed by atoms with van der Waals surface area (Å²) in [5.74, 6) is -0.582. The van der Waals surface area contributed by atoms with E-state index in [9.17, 15) is 13.6 Å². The third kappa shape index (κ3) is 4.61. The van der Waals surface area contributed by atoms with Crippen molar-refractivity contribution in [2.24, 2.45) is 4.99 Å². The first-order chi connectivity index (χ1) is 15.0. The third-order valence-electron chi connectivity index (χ3n) is 4.52. The molecule has 0 saturated carbocycles. The maximum atomic E-state index is 13.8. The van der Waals surface area contributed by atoms with E-state index in [4.69, 9.17) is 14.2 Å². The SMILES string of the molecule is COc1cc(/C=C2\N=C(c3cccc(F)c3)OC2=O)ccc1OCc1ccccc1F. The van der Waals surface area contributed by atoms with Crippen LogP contribution in [0, 0.1) is 11.6 Å². The van der Waals surface area contributed by atoms with Gasteiger partial charge in [-0.1, -0.05) is 30.3 Å². The first kappa shape index (κ1) is 20.3. The van der Waals surface area contributed by atoms with Crippen LogP contribution < -0.4 is 9.47 Å². The zero-order chi connectivity index (χ0) is 21.8. The summed E-state index contributed by atoms with van der Waals surface area (Å²) in [7, 11) is 1.48. The van der Waals surface area contributed by atoms with Crippen LogP contribution in [0.3, 0.4) is 0 Å².